The maximum Gasteiger partial charge on any atom is 0.252 e. The van der Waals surface area contributed by atoms with Crippen LogP contribution in [0.3, 0.4) is 0 Å². The lowest BCUT2D eigenvalue weighted by atomic mass is 9.86. The summed E-state index contributed by atoms with van der Waals surface area (Å²) in [6.45, 7) is 5.97. The highest BCUT2D eigenvalue weighted by Crippen LogP contribution is 2.33. The molecule has 2 aromatic carbocycles. The Bertz CT molecular complexity index is 965. The van der Waals surface area contributed by atoms with Gasteiger partial charge in [0, 0.05) is 11.1 Å². The molecule has 1 aromatic heterocycles. The van der Waals surface area contributed by atoms with E-state index in [-0.39, 0.29) is 11.3 Å². The molecule has 0 spiro atoms. The van der Waals surface area contributed by atoms with Gasteiger partial charge in [-0.3, -0.25) is 4.79 Å². The van der Waals surface area contributed by atoms with Gasteiger partial charge in [0.1, 0.15) is 11.8 Å². The number of nitrogens with zero attached hydrogens (tertiary/aromatic N) is 2. The molecule has 0 aliphatic rings. The smallest absolute Gasteiger partial charge is 0.252 e. The zero-order valence-corrected chi connectivity index (χ0v) is 16.9. The number of hydrogen-bond donors (Lipinski definition) is 1. The fourth-order valence-corrected chi connectivity index (χ4v) is 2.99. The van der Waals surface area contributed by atoms with E-state index in [1.54, 1.807) is 18.2 Å². The Balaban J connectivity index is 1.87. The Morgan fingerprint density at radius 3 is 2.50 bits per heavy atom. The van der Waals surface area contributed by atoms with Gasteiger partial charge in [0.2, 0.25) is 11.7 Å². The number of carbonyl (C=O) groups excluding carboxylic acids is 1. The van der Waals surface area contributed by atoms with E-state index in [0.717, 1.165) is 5.56 Å². The largest absolute Gasteiger partial charge is 0.495 e. The summed E-state index contributed by atoms with van der Waals surface area (Å²) in [6, 6.07) is 13.9. The minimum absolute atomic E-state index is 0.288. The van der Waals surface area contributed by atoms with Crippen LogP contribution < -0.4 is 10.1 Å². The third-order valence-electron chi connectivity index (χ3n) is 4.28. The van der Waals surface area contributed by atoms with Gasteiger partial charge >= 0.3 is 0 Å². The molecule has 0 bridgehead atoms. The van der Waals surface area contributed by atoms with Crippen molar-refractivity contribution in [2.24, 2.45) is 5.41 Å². The molecule has 0 saturated heterocycles. The predicted molar refractivity (Wildman–Crippen MR) is 107 cm³/mol. The quantitative estimate of drug-likeness (QED) is 0.659. The second-order valence-corrected chi connectivity index (χ2v) is 7.85. The molecule has 0 fully saturated rings. The van der Waals surface area contributed by atoms with Crippen LogP contribution in [0.4, 0.5) is 0 Å². The first kappa shape index (κ1) is 19.9. The molecule has 0 aliphatic heterocycles. The molecule has 3 rings (SSSR count). The van der Waals surface area contributed by atoms with Gasteiger partial charge in [0.25, 0.3) is 5.91 Å². The summed E-state index contributed by atoms with van der Waals surface area (Å²) in [5.41, 5.74) is 0.910. The van der Waals surface area contributed by atoms with E-state index in [0.29, 0.717) is 28.1 Å². The molecule has 6 nitrogen and oxygen atoms in total. The molecule has 3 aromatic rings. The van der Waals surface area contributed by atoms with Crippen LogP contribution in [0.25, 0.3) is 11.4 Å². The minimum Gasteiger partial charge on any atom is -0.495 e. The average Bonchev–Trinajstić information content (AvgIpc) is 3.15. The summed E-state index contributed by atoms with van der Waals surface area (Å²) in [4.78, 5) is 17.3. The van der Waals surface area contributed by atoms with E-state index < -0.39 is 6.04 Å². The van der Waals surface area contributed by atoms with Crippen molar-refractivity contribution in [2.75, 3.05) is 7.11 Å². The maximum absolute atomic E-state index is 12.8. The van der Waals surface area contributed by atoms with Crippen LogP contribution in [-0.2, 0) is 0 Å². The van der Waals surface area contributed by atoms with Gasteiger partial charge in [-0.15, -0.1) is 0 Å². The number of ether oxygens (including phenoxy) is 1. The monoisotopic (exact) mass is 399 g/mol. The van der Waals surface area contributed by atoms with Crippen LogP contribution in [0.15, 0.2) is 53.1 Å². The van der Waals surface area contributed by atoms with Crippen molar-refractivity contribution in [2.45, 2.75) is 26.8 Å². The highest BCUT2D eigenvalue weighted by Gasteiger charge is 2.33. The summed E-state index contributed by atoms with van der Waals surface area (Å²) < 4.78 is 10.6. The first-order valence-electron chi connectivity index (χ1n) is 8.83. The number of halogens is 1. The average molecular weight is 400 g/mol. The van der Waals surface area contributed by atoms with E-state index >= 15 is 0 Å². The first-order valence-corrected chi connectivity index (χ1v) is 9.21. The van der Waals surface area contributed by atoms with Crippen LogP contribution in [0, 0.1) is 5.41 Å². The summed E-state index contributed by atoms with van der Waals surface area (Å²) in [6.07, 6.45) is 0. The van der Waals surface area contributed by atoms with Gasteiger partial charge in [-0.05, 0) is 23.6 Å². The second-order valence-electron chi connectivity index (χ2n) is 7.44. The molecule has 146 valence electrons. The van der Waals surface area contributed by atoms with Crippen molar-refractivity contribution in [1.82, 2.24) is 15.5 Å². The normalized spacial score (nSPS) is 12.5. The number of hydrogen-bond acceptors (Lipinski definition) is 5. The summed E-state index contributed by atoms with van der Waals surface area (Å²) >= 11 is 6.14. The number of methoxy groups -OCH3 is 1. The zero-order valence-electron chi connectivity index (χ0n) is 16.2. The molecule has 7 heteroatoms. The van der Waals surface area contributed by atoms with Gasteiger partial charge in [-0.25, -0.2) is 0 Å². The molecule has 0 radical (unpaired) electrons. The molecule has 1 N–H and O–H groups in total. The van der Waals surface area contributed by atoms with Gasteiger partial charge in [-0.2, -0.15) is 4.98 Å². The minimum atomic E-state index is -0.481. The van der Waals surface area contributed by atoms with Crippen molar-refractivity contribution >= 4 is 17.5 Å². The van der Waals surface area contributed by atoms with Gasteiger partial charge in [0.05, 0.1) is 12.1 Å². The zero-order chi connectivity index (χ0) is 20.3. The third-order valence-corrected chi connectivity index (χ3v) is 4.57. The lowest BCUT2D eigenvalue weighted by Crippen LogP contribution is -2.36. The molecule has 1 amide bonds. The number of amides is 1. The number of benzene rings is 2. The highest BCUT2D eigenvalue weighted by atomic mass is 35.5. The molecule has 1 unspecified atom stereocenters. The van der Waals surface area contributed by atoms with E-state index in [9.17, 15) is 4.79 Å². The fraction of sp³-hybridized carbons (Fsp3) is 0.286. The SMILES string of the molecule is COc1ccc(C(=O)NC(c2nc(-c3ccccc3)no2)C(C)(C)C)cc1Cl. The van der Waals surface area contributed by atoms with Crippen molar-refractivity contribution < 1.29 is 14.1 Å². The van der Waals surface area contributed by atoms with Crippen molar-refractivity contribution in [3.05, 3.63) is 65.0 Å². The third kappa shape index (κ3) is 4.34. The van der Waals surface area contributed by atoms with E-state index in [1.165, 1.54) is 7.11 Å². The molecule has 28 heavy (non-hydrogen) atoms. The lowest BCUT2D eigenvalue weighted by Gasteiger charge is -2.28. The topological polar surface area (TPSA) is 77.2 Å². The van der Waals surface area contributed by atoms with Crippen molar-refractivity contribution in [1.29, 1.82) is 0 Å². The van der Waals surface area contributed by atoms with Crippen molar-refractivity contribution in [3.8, 4) is 17.1 Å². The number of carbonyl (C=O) groups is 1. The lowest BCUT2D eigenvalue weighted by molar-refractivity contribution is 0.0880. The van der Waals surface area contributed by atoms with E-state index in [1.807, 2.05) is 51.1 Å². The van der Waals surface area contributed by atoms with Gasteiger partial charge in [-0.1, -0.05) is 67.9 Å². The number of rotatable bonds is 5. The van der Waals surface area contributed by atoms with Crippen LogP contribution in [0.2, 0.25) is 5.02 Å². The highest BCUT2D eigenvalue weighted by molar-refractivity contribution is 6.32. The molecular formula is C21H22ClN3O3. The molecule has 1 heterocycles. The Kier molecular flexibility index (Phi) is 5.70. The van der Waals surface area contributed by atoms with Crippen LogP contribution in [0.1, 0.15) is 43.1 Å². The molecular weight excluding hydrogens is 378 g/mol. The Hall–Kier alpha value is -2.86. The summed E-state index contributed by atoms with van der Waals surface area (Å²) in [5, 5.41) is 7.41. The maximum atomic E-state index is 12.8. The van der Waals surface area contributed by atoms with Crippen LogP contribution >= 0.6 is 11.6 Å². The Morgan fingerprint density at radius 1 is 1.18 bits per heavy atom. The summed E-state index contributed by atoms with van der Waals surface area (Å²) in [5.74, 6) is 1.05. The number of nitrogens with one attached hydrogen (secondary N) is 1. The molecule has 0 aliphatic carbocycles. The van der Waals surface area contributed by atoms with Gasteiger partial charge in [0.15, 0.2) is 0 Å². The molecule has 0 saturated carbocycles. The standard InChI is InChI=1S/C21H22ClN3O3/c1-21(2,3)17(20-24-18(25-28-20)13-8-6-5-7-9-13)23-19(26)14-10-11-16(27-4)15(22)12-14/h5-12,17H,1-4H3,(H,23,26). The summed E-state index contributed by atoms with van der Waals surface area (Å²) in [7, 11) is 1.52. The predicted octanol–water partition coefficient (Wildman–Crippen LogP) is 4.92. The van der Waals surface area contributed by atoms with Gasteiger partial charge < -0.3 is 14.6 Å². The molecule has 1 atom stereocenters. The van der Waals surface area contributed by atoms with Crippen LogP contribution in [0.5, 0.6) is 5.75 Å². The Morgan fingerprint density at radius 2 is 1.89 bits per heavy atom. The Labute approximate surface area is 168 Å². The second kappa shape index (κ2) is 8.02. The first-order chi connectivity index (χ1) is 13.3. The number of aromatic nitrogens is 2. The van der Waals surface area contributed by atoms with Crippen LogP contribution in [-0.4, -0.2) is 23.2 Å². The fourth-order valence-electron chi connectivity index (χ4n) is 2.73. The van der Waals surface area contributed by atoms with E-state index in [4.69, 9.17) is 20.9 Å². The van der Waals surface area contributed by atoms with E-state index in [2.05, 4.69) is 15.5 Å². The van der Waals surface area contributed by atoms with Crippen molar-refractivity contribution in [3.63, 3.8) is 0 Å².